The lowest BCUT2D eigenvalue weighted by atomic mass is 9.71. The van der Waals surface area contributed by atoms with Gasteiger partial charge in [-0.25, -0.2) is 4.79 Å². The van der Waals surface area contributed by atoms with Crippen molar-refractivity contribution in [2.45, 2.75) is 44.6 Å². The molecule has 2 heterocycles. The van der Waals surface area contributed by atoms with E-state index in [4.69, 9.17) is 0 Å². The summed E-state index contributed by atoms with van der Waals surface area (Å²) in [6.45, 7) is 3.26. The maximum atomic E-state index is 12.8. The van der Waals surface area contributed by atoms with Crippen LogP contribution >= 0.6 is 0 Å². The average Bonchev–Trinajstić information content (AvgIpc) is 2.60. The van der Waals surface area contributed by atoms with Crippen molar-refractivity contribution in [2.75, 3.05) is 18.4 Å². The minimum Gasteiger partial charge on any atom is -0.389 e. The number of aryl methyl sites for hydroxylation is 1. The van der Waals surface area contributed by atoms with Gasteiger partial charge in [0.2, 0.25) is 0 Å². The number of urea groups is 1. The van der Waals surface area contributed by atoms with Gasteiger partial charge in [-0.05, 0) is 49.9 Å². The van der Waals surface area contributed by atoms with Gasteiger partial charge >= 0.3 is 6.03 Å². The number of carbonyl (C=O) groups excluding carboxylic acids is 1. The fraction of sp³-hybridized carbons (Fsp3) is 0.500. The van der Waals surface area contributed by atoms with Crippen LogP contribution < -0.4 is 5.32 Å². The molecular weight excluding hydrogens is 314 g/mol. The summed E-state index contributed by atoms with van der Waals surface area (Å²) in [5.74, 6) is 0.202. The number of rotatable bonds is 1. The van der Waals surface area contributed by atoms with Gasteiger partial charge in [-0.2, -0.15) is 0 Å². The Kier molecular flexibility index (Phi) is 4.12. The molecule has 2 atom stereocenters. The molecule has 1 saturated heterocycles. The van der Waals surface area contributed by atoms with Crippen LogP contribution in [0.1, 0.15) is 37.7 Å². The standard InChI is InChI=1S/C20H25N3O2/c1-14-11-15-5-4-9-21-18(15)17(12-14)22-19(24)23-10-8-20(25)7-3-2-6-16(20)13-23/h4-5,9,11-12,16,25H,2-3,6-8,10,13H2,1H3,(H,22,24). The third-order valence-electron chi connectivity index (χ3n) is 5.81. The third-order valence-corrected chi connectivity index (χ3v) is 5.81. The lowest BCUT2D eigenvalue weighted by Gasteiger charge is -2.47. The van der Waals surface area contributed by atoms with Crippen molar-refractivity contribution in [1.29, 1.82) is 0 Å². The molecule has 2 fully saturated rings. The van der Waals surface area contributed by atoms with Gasteiger partial charge in [-0.15, -0.1) is 0 Å². The van der Waals surface area contributed by atoms with Crippen LogP contribution in [-0.2, 0) is 0 Å². The number of nitrogens with zero attached hydrogens (tertiary/aromatic N) is 2. The van der Waals surface area contributed by atoms with Crippen LogP contribution in [0.2, 0.25) is 0 Å². The summed E-state index contributed by atoms with van der Waals surface area (Å²) in [5, 5.41) is 14.9. The van der Waals surface area contributed by atoms with E-state index in [9.17, 15) is 9.90 Å². The number of likely N-dealkylation sites (tertiary alicyclic amines) is 1. The minimum atomic E-state index is -0.563. The normalized spacial score (nSPS) is 26.3. The van der Waals surface area contributed by atoms with Crippen molar-refractivity contribution in [2.24, 2.45) is 5.92 Å². The summed E-state index contributed by atoms with van der Waals surface area (Å²) in [5.41, 5.74) is 2.10. The molecule has 0 bridgehead atoms. The Morgan fingerprint density at radius 3 is 3.12 bits per heavy atom. The number of nitrogens with one attached hydrogen (secondary N) is 1. The number of benzene rings is 1. The quantitative estimate of drug-likeness (QED) is 0.832. The van der Waals surface area contributed by atoms with Crippen LogP contribution in [0.25, 0.3) is 10.9 Å². The maximum absolute atomic E-state index is 12.8. The van der Waals surface area contributed by atoms with Crippen molar-refractivity contribution < 1.29 is 9.90 Å². The average molecular weight is 339 g/mol. The predicted molar refractivity (Wildman–Crippen MR) is 98.6 cm³/mol. The first kappa shape index (κ1) is 16.3. The van der Waals surface area contributed by atoms with E-state index in [-0.39, 0.29) is 11.9 Å². The van der Waals surface area contributed by atoms with Crippen LogP contribution in [0.15, 0.2) is 30.5 Å². The van der Waals surface area contributed by atoms with E-state index in [2.05, 4.69) is 16.4 Å². The second-order valence-electron chi connectivity index (χ2n) is 7.56. The van der Waals surface area contributed by atoms with E-state index in [0.717, 1.165) is 47.8 Å². The number of aliphatic hydroxyl groups is 1. The molecule has 1 aliphatic carbocycles. The topological polar surface area (TPSA) is 65.5 Å². The van der Waals surface area contributed by atoms with E-state index < -0.39 is 5.60 Å². The smallest absolute Gasteiger partial charge is 0.321 e. The molecule has 25 heavy (non-hydrogen) atoms. The van der Waals surface area contributed by atoms with E-state index in [1.54, 1.807) is 6.20 Å². The molecule has 5 nitrogen and oxygen atoms in total. The van der Waals surface area contributed by atoms with Crippen LogP contribution in [-0.4, -0.2) is 39.7 Å². The number of pyridine rings is 1. The molecule has 1 aliphatic heterocycles. The molecule has 0 spiro atoms. The molecule has 1 saturated carbocycles. The van der Waals surface area contributed by atoms with Gasteiger partial charge in [0.15, 0.2) is 0 Å². The highest BCUT2D eigenvalue weighted by Crippen LogP contribution is 2.39. The van der Waals surface area contributed by atoms with Gasteiger partial charge in [-0.3, -0.25) is 4.98 Å². The molecule has 4 rings (SSSR count). The van der Waals surface area contributed by atoms with Gasteiger partial charge in [0.05, 0.1) is 16.8 Å². The van der Waals surface area contributed by atoms with Crippen LogP contribution in [0.4, 0.5) is 10.5 Å². The molecule has 2 N–H and O–H groups in total. The minimum absolute atomic E-state index is 0.0924. The maximum Gasteiger partial charge on any atom is 0.321 e. The zero-order valence-electron chi connectivity index (χ0n) is 14.7. The molecule has 5 heteroatoms. The fourth-order valence-electron chi connectivity index (χ4n) is 4.39. The van der Waals surface area contributed by atoms with Crippen molar-refractivity contribution in [3.63, 3.8) is 0 Å². The lowest BCUT2D eigenvalue weighted by Crippen LogP contribution is -2.55. The molecule has 0 radical (unpaired) electrons. The first-order valence-corrected chi connectivity index (χ1v) is 9.19. The number of amides is 2. The van der Waals surface area contributed by atoms with Crippen LogP contribution in [0.5, 0.6) is 0 Å². The Morgan fingerprint density at radius 2 is 2.24 bits per heavy atom. The predicted octanol–water partition coefficient (Wildman–Crippen LogP) is 3.70. The van der Waals surface area contributed by atoms with Gasteiger partial charge < -0.3 is 15.3 Å². The van der Waals surface area contributed by atoms with Crippen molar-refractivity contribution in [1.82, 2.24) is 9.88 Å². The zero-order valence-corrected chi connectivity index (χ0v) is 14.7. The summed E-state index contributed by atoms with van der Waals surface area (Å²) in [6.07, 6.45) is 6.55. The first-order valence-electron chi connectivity index (χ1n) is 9.19. The second kappa shape index (κ2) is 6.30. The number of anilines is 1. The second-order valence-corrected chi connectivity index (χ2v) is 7.56. The molecule has 2 aliphatic rings. The number of piperidine rings is 1. The Morgan fingerprint density at radius 1 is 1.36 bits per heavy atom. The Labute approximate surface area is 148 Å². The van der Waals surface area contributed by atoms with Crippen molar-refractivity contribution in [3.05, 3.63) is 36.0 Å². The molecular formula is C20H25N3O2. The zero-order chi connectivity index (χ0) is 17.4. The van der Waals surface area contributed by atoms with E-state index >= 15 is 0 Å². The Bertz CT molecular complexity index is 807. The summed E-state index contributed by atoms with van der Waals surface area (Å²) < 4.78 is 0. The first-order chi connectivity index (χ1) is 12.0. The molecule has 2 aromatic rings. The Hall–Kier alpha value is -2.14. The number of carbonyl (C=O) groups is 1. The van der Waals surface area contributed by atoms with Crippen LogP contribution in [0.3, 0.4) is 0 Å². The van der Waals surface area contributed by atoms with Gasteiger partial charge in [0, 0.05) is 30.6 Å². The fourth-order valence-corrected chi connectivity index (χ4v) is 4.39. The van der Waals surface area contributed by atoms with Gasteiger partial charge in [-0.1, -0.05) is 18.9 Å². The number of fused-ring (bicyclic) bond motifs is 2. The number of aromatic nitrogens is 1. The summed E-state index contributed by atoms with van der Waals surface area (Å²) in [7, 11) is 0. The van der Waals surface area contributed by atoms with Gasteiger partial charge in [0.25, 0.3) is 0 Å². The highest BCUT2D eigenvalue weighted by atomic mass is 16.3. The monoisotopic (exact) mass is 339 g/mol. The highest BCUT2D eigenvalue weighted by molar-refractivity contribution is 6.00. The molecule has 2 unspecified atom stereocenters. The van der Waals surface area contributed by atoms with E-state index in [1.807, 2.05) is 30.0 Å². The largest absolute Gasteiger partial charge is 0.389 e. The SMILES string of the molecule is Cc1cc(NC(=O)N2CCC3(O)CCCCC3C2)c2ncccc2c1. The molecule has 132 valence electrons. The van der Waals surface area contributed by atoms with E-state index in [1.165, 1.54) is 0 Å². The summed E-state index contributed by atoms with van der Waals surface area (Å²) in [4.78, 5) is 19.1. The van der Waals surface area contributed by atoms with Crippen molar-refractivity contribution in [3.8, 4) is 0 Å². The molecule has 1 aromatic heterocycles. The number of hydrogen-bond donors (Lipinski definition) is 2. The molecule has 2 amide bonds. The third kappa shape index (κ3) is 3.09. The lowest BCUT2D eigenvalue weighted by molar-refractivity contribution is -0.0863. The van der Waals surface area contributed by atoms with Gasteiger partial charge in [0.1, 0.15) is 0 Å². The van der Waals surface area contributed by atoms with Crippen molar-refractivity contribution >= 4 is 22.6 Å². The summed E-state index contributed by atoms with van der Waals surface area (Å²) >= 11 is 0. The molecule has 1 aromatic carbocycles. The highest BCUT2D eigenvalue weighted by Gasteiger charge is 2.43. The van der Waals surface area contributed by atoms with E-state index in [0.29, 0.717) is 19.5 Å². The van der Waals surface area contributed by atoms with Crippen LogP contribution in [0, 0.1) is 12.8 Å². The Balaban J connectivity index is 1.53. The summed E-state index contributed by atoms with van der Waals surface area (Å²) in [6, 6.07) is 7.86. The number of hydrogen-bond acceptors (Lipinski definition) is 3.